The molecule has 5 rings (SSSR count). The van der Waals surface area contributed by atoms with Crippen LogP contribution >= 0.6 is 0 Å². The minimum Gasteiger partial charge on any atom is -0.375 e. The summed E-state index contributed by atoms with van der Waals surface area (Å²) in [5, 5.41) is 7.16. The molecule has 0 radical (unpaired) electrons. The molecule has 1 N–H and O–H groups in total. The number of anilines is 1. The average Bonchev–Trinajstić information content (AvgIpc) is 3.31. The molecular weight excluding hydrogens is 393 g/mol. The minimum absolute atomic E-state index is 0.297. The lowest BCUT2D eigenvalue weighted by atomic mass is 9.97. The Kier molecular flexibility index (Phi) is 5.93. The molecule has 1 saturated carbocycles. The Morgan fingerprint density at radius 3 is 2.48 bits per heavy atom. The molecule has 0 unspecified atom stereocenters. The monoisotopic (exact) mass is 421 g/mol. The number of rotatable bonds is 5. The van der Waals surface area contributed by atoms with Gasteiger partial charge < -0.3 is 9.64 Å². The van der Waals surface area contributed by atoms with Crippen LogP contribution in [0.4, 0.5) is 10.2 Å². The number of hydrogen-bond acceptors (Lipinski definition) is 5. The minimum atomic E-state index is -0.297. The first-order chi connectivity index (χ1) is 15.2. The zero-order valence-corrected chi connectivity index (χ0v) is 17.6. The molecule has 2 aliphatic rings. The van der Waals surface area contributed by atoms with Gasteiger partial charge in [0.15, 0.2) is 11.6 Å². The SMILES string of the molecule is Fc1cccc(-c2nc(-c3ccc(N4CCC(OC5CCCCC5)CC4)nc3)n[nH]2)c1. The molecular formula is C24H28FN5O. The number of aromatic amines is 1. The molecule has 2 aromatic heterocycles. The highest BCUT2D eigenvalue weighted by atomic mass is 19.1. The van der Waals surface area contributed by atoms with Crippen molar-refractivity contribution in [2.75, 3.05) is 18.0 Å². The first-order valence-electron chi connectivity index (χ1n) is 11.3. The van der Waals surface area contributed by atoms with Crippen molar-refractivity contribution in [1.29, 1.82) is 0 Å². The molecule has 0 bridgehead atoms. The summed E-state index contributed by atoms with van der Waals surface area (Å²) in [5.41, 5.74) is 1.50. The zero-order valence-electron chi connectivity index (χ0n) is 17.6. The molecule has 0 spiro atoms. The number of piperidine rings is 1. The number of hydrogen-bond donors (Lipinski definition) is 1. The van der Waals surface area contributed by atoms with Crippen molar-refractivity contribution in [3.05, 3.63) is 48.4 Å². The van der Waals surface area contributed by atoms with Crippen molar-refractivity contribution in [3.63, 3.8) is 0 Å². The maximum Gasteiger partial charge on any atom is 0.183 e. The lowest BCUT2D eigenvalue weighted by molar-refractivity contribution is -0.0395. The first kappa shape index (κ1) is 20.1. The van der Waals surface area contributed by atoms with Gasteiger partial charge in [0.05, 0.1) is 12.2 Å². The molecule has 3 aromatic rings. The number of ether oxygens (including phenoxy) is 1. The molecule has 1 saturated heterocycles. The lowest BCUT2D eigenvalue weighted by Gasteiger charge is -2.35. The Morgan fingerprint density at radius 2 is 1.74 bits per heavy atom. The van der Waals surface area contributed by atoms with Crippen LogP contribution in [0.2, 0.25) is 0 Å². The molecule has 1 aliphatic heterocycles. The maximum absolute atomic E-state index is 13.5. The van der Waals surface area contributed by atoms with Crippen LogP contribution in [-0.2, 0) is 4.74 Å². The third-order valence-corrected chi connectivity index (χ3v) is 6.29. The maximum atomic E-state index is 13.5. The van der Waals surface area contributed by atoms with Gasteiger partial charge in [0.1, 0.15) is 11.6 Å². The Labute approximate surface area is 181 Å². The van der Waals surface area contributed by atoms with Gasteiger partial charge >= 0.3 is 0 Å². The summed E-state index contributed by atoms with van der Waals surface area (Å²) in [6.45, 7) is 1.93. The van der Waals surface area contributed by atoms with Gasteiger partial charge in [-0.1, -0.05) is 31.4 Å². The second kappa shape index (κ2) is 9.14. The van der Waals surface area contributed by atoms with Crippen LogP contribution in [0.15, 0.2) is 42.6 Å². The summed E-state index contributed by atoms with van der Waals surface area (Å²) < 4.78 is 19.8. The van der Waals surface area contributed by atoms with E-state index in [4.69, 9.17) is 4.74 Å². The molecule has 2 fully saturated rings. The molecule has 6 nitrogen and oxygen atoms in total. The van der Waals surface area contributed by atoms with E-state index >= 15 is 0 Å². The van der Waals surface area contributed by atoms with Gasteiger partial charge in [0.25, 0.3) is 0 Å². The summed E-state index contributed by atoms with van der Waals surface area (Å²) in [5.74, 6) is 1.77. The van der Waals surface area contributed by atoms with Gasteiger partial charge in [-0.3, -0.25) is 5.10 Å². The first-order valence-corrected chi connectivity index (χ1v) is 11.3. The van der Waals surface area contributed by atoms with Crippen molar-refractivity contribution >= 4 is 5.82 Å². The zero-order chi connectivity index (χ0) is 21.0. The number of pyridine rings is 1. The molecule has 162 valence electrons. The van der Waals surface area contributed by atoms with Crippen LogP contribution in [0, 0.1) is 5.82 Å². The van der Waals surface area contributed by atoms with Gasteiger partial charge in [0.2, 0.25) is 0 Å². The molecule has 31 heavy (non-hydrogen) atoms. The van der Waals surface area contributed by atoms with Crippen molar-refractivity contribution < 1.29 is 9.13 Å². The van der Waals surface area contributed by atoms with Crippen LogP contribution in [0.25, 0.3) is 22.8 Å². The predicted molar refractivity (Wildman–Crippen MR) is 118 cm³/mol. The summed E-state index contributed by atoms with van der Waals surface area (Å²) >= 11 is 0. The fraction of sp³-hybridized carbons (Fsp3) is 0.458. The molecule has 7 heteroatoms. The highest BCUT2D eigenvalue weighted by molar-refractivity contribution is 5.61. The number of benzene rings is 1. The number of nitrogens with zero attached hydrogens (tertiary/aromatic N) is 4. The van der Waals surface area contributed by atoms with Gasteiger partial charge in [-0.2, -0.15) is 5.10 Å². The van der Waals surface area contributed by atoms with E-state index in [1.54, 1.807) is 18.3 Å². The van der Waals surface area contributed by atoms with E-state index in [9.17, 15) is 4.39 Å². The van der Waals surface area contributed by atoms with Crippen molar-refractivity contribution in [1.82, 2.24) is 20.2 Å². The molecule has 1 aliphatic carbocycles. The Bertz CT molecular complexity index is 991. The van der Waals surface area contributed by atoms with Gasteiger partial charge in [-0.15, -0.1) is 0 Å². The quantitative estimate of drug-likeness (QED) is 0.629. The summed E-state index contributed by atoms with van der Waals surface area (Å²) in [6, 6.07) is 10.3. The standard InChI is InChI=1S/C24H28FN5O/c25-19-6-4-5-17(15-19)23-27-24(29-28-23)18-9-10-22(26-16-18)30-13-11-21(12-14-30)31-20-7-2-1-3-8-20/h4-6,9-10,15-16,20-21H,1-3,7-8,11-14H2,(H,27,28,29). The fourth-order valence-electron chi connectivity index (χ4n) is 4.56. The highest BCUT2D eigenvalue weighted by Gasteiger charge is 2.24. The van der Waals surface area contributed by atoms with Crippen LogP contribution in [0.1, 0.15) is 44.9 Å². The van der Waals surface area contributed by atoms with E-state index in [2.05, 4.69) is 25.1 Å². The number of aromatic nitrogens is 4. The number of nitrogens with one attached hydrogen (secondary N) is 1. The van der Waals surface area contributed by atoms with Crippen LogP contribution in [0.3, 0.4) is 0 Å². The van der Waals surface area contributed by atoms with Crippen LogP contribution < -0.4 is 4.90 Å². The van der Waals surface area contributed by atoms with Crippen molar-refractivity contribution in [2.45, 2.75) is 57.2 Å². The Hall–Kier alpha value is -2.80. The summed E-state index contributed by atoms with van der Waals surface area (Å²) in [4.78, 5) is 11.5. The van der Waals surface area contributed by atoms with Gasteiger partial charge in [-0.25, -0.2) is 14.4 Å². The largest absolute Gasteiger partial charge is 0.375 e. The molecule has 1 aromatic carbocycles. The Balaban J connectivity index is 1.19. The predicted octanol–water partition coefficient (Wildman–Crippen LogP) is 4.99. The second-order valence-corrected chi connectivity index (χ2v) is 8.51. The molecule has 0 atom stereocenters. The van der Waals surface area contributed by atoms with Crippen LogP contribution in [-0.4, -0.2) is 45.5 Å². The summed E-state index contributed by atoms with van der Waals surface area (Å²) in [6.07, 6.45) is 11.2. The third-order valence-electron chi connectivity index (χ3n) is 6.29. The van der Waals surface area contributed by atoms with Crippen molar-refractivity contribution in [3.8, 4) is 22.8 Å². The third kappa shape index (κ3) is 4.77. The molecule has 0 amide bonds. The fourth-order valence-corrected chi connectivity index (χ4v) is 4.56. The lowest BCUT2D eigenvalue weighted by Crippen LogP contribution is -2.39. The van der Waals surface area contributed by atoms with E-state index in [-0.39, 0.29) is 5.82 Å². The topological polar surface area (TPSA) is 66.9 Å². The summed E-state index contributed by atoms with van der Waals surface area (Å²) in [7, 11) is 0. The smallest absolute Gasteiger partial charge is 0.183 e. The highest BCUT2D eigenvalue weighted by Crippen LogP contribution is 2.27. The van der Waals surface area contributed by atoms with E-state index in [1.807, 2.05) is 12.1 Å². The van der Waals surface area contributed by atoms with Crippen molar-refractivity contribution in [2.24, 2.45) is 0 Å². The number of H-pyrrole nitrogens is 1. The van der Waals surface area contributed by atoms with Crippen LogP contribution in [0.5, 0.6) is 0 Å². The second-order valence-electron chi connectivity index (χ2n) is 8.51. The average molecular weight is 422 g/mol. The van der Waals surface area contributed by atoms with E-state index in [0.29, 0.717) is 29.4 Å². The van der Waals surface area contributed by atoms with Gasteiger partial charge in [-0.05, 0) is 49.9 Å². The van der Waals surface area contributed by atoms with E-state index in [1.165, 1.54) is 44.2 Å². The van der Waals surface area contributed by atoms with E-state index in [0.717, 1.165) is 37.3 Å². The van der Waals surface area contributed by atoms with Gasteiger partial charge in [0, 0.05) is 30.4 Å². The number of halogens is 1. The normalized spacial score (nSPS) is 18.4. The van der Waals surface area contributed by atoms with E-state index < -0.39 is 0 Å². The molecule has 3 heterocycles. The Morgan fingerprint density at radius 1 is 0.935 bits per heavy atom.